The Morgan fingerprint density at radius 1 is 1.00 bits per heavy atom. The predicted octanol–water partition coefficient (Wildman–Crippen LogP) is 4.45. The molecule has 0 N–H and O–H groups in total. The van der Waals surface area contributed by atoms with Crippen molar-refractivity contribution in [3.63, 3.8) is 0 Å². The Bertz CT molecular complexity index is 552. The first-order valence-corrected chi connectivity index (χ1v) is 5.87. The summed E-state index contributed by atoms with van der Waals surface area (Å²) in [6, 6.07) is 7.38. The molecule has 0 aliphatic heterocycles. The summed E-state index contributed by atoms with van der Waals surface area (Å²) in [5, 5.41) is 0. The summed E-state index contributed by atoms with van der Waals surface area (Å²) in [5.74, 6) is -1.79. The Kier molecular flexibility index (Phi) is 3.91. The predicted molar refractivity (Wildman–Crippen MR) is 64.8 cm³/mol. The fraction of sp³-hybridized carbons (Fsp3) is 0.0769. The van der Waals surface area contributed by atoms with E-state index < -0.39 is 17.5 Å². The van der Waals surface area contributed by atoms with Crippen LogP contribution in [-0.4, -0.2) is 0 Å². The normalized spacial score (nSPS) is 10.4. The van der Waals surface area contributed by atoms with E-state index in [0.717, 1.165) is 18.2 Å². The Labute approximate surface area is 110 Å². The maximum absolute atomic E-state index is 13.2. The van der Waals surface area contributed by atoms with Crippen LogP contribution < -0.4 is 4.74 Å². The average Bonchev–Trinajstić information content (AvgIpc) is 2.30. The van der Waals surface area contributed by atoms with Gasteiger partial charge >= 0.3 is 0 Å². The van der Waals surface area contributed by atoms with E-state index in [1.165, 1.54) is 12.1 Å². The molecule has 0 aliphatic carbocycles. The fourth-order valence-electron chi connectivity index (χ4n) is 1.43. The molecule has 2 aromatic rings. The highest BCUT2D eigenvalue weighted by Crippen LogP contribution is 2.23. The first-order chi connectivity index (χ1) is 8.56. The monoisotopic (exact) mass is 316 g/mol. The number of hydrogen-bond acceptors (Lipinski definition) is 1. The van der Waals surface area contributed by atoms with Gasteiger partial charge in [0.25, 0.3) is 0 Å². The van der Waals surface area contributed by atoms with Crippen LogP contribution in [0.1, 0.15) is 5.56 Å². The van der Waals surface area contributed by atoms with Gasteiger partial charge in [-0.05, 0) is 22.0 Å². The Balaban J connectivity index is 2.14. The minimum Gasteiger partial charge on any atom is -0.489 e. The van der Waals surface area contributed by atoms with Crippen molar-refractivity contribution in [3.05, 3.63) is 63.9 Å². The zero-order chi connectivity index (χ0) is 13.1. The summed E-state index contributed by atoms with van der Waals surface area (Å²) in [6.07, 6.45) is 0. The van der Waals surface area contributed by atoms with Crippen molar-refractivity contribution in [1.82, 2.24) is 0 Å². The molecule has 18 heavy (non-hydrogen) atoms. The van der Waals surface area contributed by atoms with Crippen molar-refractivity contribution < 1.29 is 17.9 Å². The lowest BCUT2D eigenvalue weighted by Crippen LogP contribution is -1.98. The Morgan fingerprint density at radius 2 is 1.67 bits per heavy atom. The summed E-state index contributed by atoms with van der Waals surface area (Å²) in [7, 11) is 0. The number of rotatable bonds is 3. The van der Waals surface area contributed by atoms with Gasteiger partial charge in [0.1, 0.15) is 29.8 Å². The van der Waals surface area contributed by atoms with Crippen molar-refractivity contribution in [3.8, 4) is 5.75 Å². The summed E-state index contributed by atoms with van der Waals surface area (Å²) >= 11 is 3.08. The van der Waals surface area contributed by atoms with Crippen LogP contribution in [0, 0.1) is 17.5 Å². The molecule has 0 amide bonds. The minimum atomic E-state index is -0.719. The molecule has 0 aliphatic rings. The zero-order valence-corrected chi connectivity index (χ0v) is 10.7. The van der Waals surface area contributed by atoms with Gasteiger partial charge in [-0.3, -0.25) is 0 Å². The van der Waals surface area contributed by atoms with Crippen molar-refractivity contribution in [2.75, 3.05) is 0 Å². The van der Waals surface area contributed by atoms with E-state index >= 15 is 0 Å². The summed E-state index contributed by atoms with van der Waals surface area (Å²) in [4.78, 5) is 0. The summed E-state index contributed by atoms with van der Waals surface area (Å²) in [5.41, 5.74) is 0.555. The van der Waals surface area contributed by atoms with E-state index in [1.54, 1.807) is 6.07 Å². The van der Waals surface area contributed by atoms with Gasteiger partial charge in [-0.2, -0.15) is 0 Å². The van der Waals surface area contributed by atoms with E-state index in [9.17, 15) is 13.2 Å². The van der Waals surface area contributed by atoms with E-state index in [4.69, 9.17) is 4.74 Å². The van der Waals surface area contributed by atoms with Crippen LogP contribution in [0.2, 0.25) is 0 Å². The van der Waals surface area contributed by atoms with Gasteiger partial charge in [0, 0.05) is 23.8 Å². The van der Waals surface area contributed by atoms with Crippen molar-refractivity contribution in [2.24, 2.45) is 0 Å². The second-order valence-corrected chi connectivity index (χ2v) is 4.40. The molecule has 2 rings (SSSR count). The first kappa shape index (κ1) is 13.0. The molecule has 0 fully saturated rings. The maximum Gasteiger partial charge on any atom is 0.137 e. The van der Waals surface area contributed by atoms with Crippen LogP contribution in [0.25, 0.3) is 0 Å². The van der Waals surface area contributed by atoms with Crippen LogP contribution in [0.3, 0.4) is 0 Å². The van der Waals surface area contributed by atoms with Crippen LogP contribution in [0.5, 0.6) is 5.75 Å². The quantitative estimate of drug-likeness (QED) is 0.813. The van der Waals surface area contributed by atoms with Gasteiger partial charge in [0.15, 0.2) is 0 Å². The molecule has 5 heteroatoms. The molecule has 0 saturated heterocycles. The molecule has 0 atom stereocenters. The number of hydrogen-bond donors (Lipinski definition) is 0. The first-order valence-electron chi connectivity index (χ1n) is 5.08. The molecule has 0 saturated carbocycles. The number of halogens is 4. The minimum absolute atomic E-state index is 0.0151. The van der Waals surface area contributed by atoms with Crippen LogP contribution in [0.4, 0.5) is 13.2 Å². The van der Waals surface area contributed by atoms with Crippen molar-refractivity contribution in [1.29, 1.82) is 0 Å². The molecule has 2 aromatic carbocycles. The molecule has 0 unspecified atom stereocenters. The second kappa shape index (κ2) is 5.44. The molecule has 0 radical (unpaired) electrons. The molecular formula is C13H8BrF3O. The topological polar surface area (TPSA) is 9.23 Å². The fourth-order valence-corrected chi connectivity index (χ4v) is 1.81. The van der Waals surface area contributed by atoms with E-state index in [0.29, 0.717) is 5.56 Å². The van der Waals surface area contributed by atoms with E-state index in [1.807, 2.05) is 0 Å². The third-order valence-corrected chi connectivity index (χ3v) is 3.15. The lowest BCUT2D eigenvalue weighted by Gasteiger charge is -2.08. The van der Waals surface area contributed by atoms with E-state index in [-0.39, 0.29) is 16.8 Å². The SMILES string of the molecule is Fc1cc(F)cc(OCc2cccc(F)c2Br)c1. The van der Waals surface area contributed by atoms with Gasteiger partial charge in [-0.25, -0.2) is 13.2 Å². The summed E-state index contributed by atoms with van der Waals surface area (Å²) in [6.45, 7) is 0.0151. The van der Waals surface area contributed by atoms with Gasteiger partial charge in [0.2, 0.25) is 0 Å². The summed E-state index contributed by atoms with van der Waals surface area (Å²) < 4.78 is 44.5. The highest BCUT2D eigenvalue weighted by molar-refractivity contribution is 9.10. The highest BCUT2D eigenvalue weighted by atomic mass is 79.9. The molecule has 1 nitrogen and oxygen atoms in total. The molecule has 94 valence electrons. The van der Waals surface area contributed by atoms with Gasteiger partial charge in [0.05, 0.1) is 4.47 Å². The lowest BCUT2D eigenvalue weighted by molar-refractivity contribution is 0.301. The largest absolute Gasteiger partial charge is 0.489 e. The average molecular weight is 317 g/mol. The maximum atomic E-state index is 13.2. The van der Waals surface area contributed by atoms with Crippen molar-refractivity contribution in [2.45, 2.75) is 6.61 Å². The molecule has 0 bridgehead atoms. The third kappa shape index (κ3) is 3.04. The van der Waals surface area contributed by atoms with Crippen LogP contribution >= 0.6 is 15.9 Å². The van der Waals surface area contributed by atoms with Crippen LogP contribution in [-0.2, 0) is 6.61 Å². The van der Waals surface area contributed by atoms with Gasteiger partial charge in [-0.1, -0.05) is 12.1 Å². The smallest absolute Gasteiger partial charge is 0.137 e. The molecule has 0 heterocycles. The number of benzene rings is 2. The molecule has 0 aromatic heterocycles. The molecule has 0 spiro atoms. The van der Waals surface area contributed by atoms with Gasteiger partial charge in [-0.15, -0.1) is 0 Å². The zero-order valence-electron chi connectivity index (χ0n) is 9.09. The molecular weight excluding hydrogens is 309 g/mol. The second-order valence-electron chi connectivity index (χ2n) is 3.61. The lowest BCUT2D eigenvalue weighted by atomic mass is 10.2. The number of ether oxygens (including phenoxy) is 1. The van der Waals surface area contributed by atoms with Crippen molar-refractivity contribution >= 4 is 15.9 Å². The Hall–Kier alpha value is -1.49. The highest BCUT2D eigenvalue weighted by Gasteiger charge is 2.07. The third-order valence-electron chi connectivity index (χ3n) is 2.26. The standard InChI is InChI=1S/C13H8BrF3O/c14-13-8(2-1-3-12(13)17)7-18-11-5-9(15)4-10(16)6-11/h1-6H,7H2. The Morgan fingerprint density at radius 3 is 2.33 bits per heavy atom. The van der Waals surface area contributed by atoms with Gasteiger partial charge < -0.3 is 4.74 Å². The van der Waals surface area contributed by atoms with E-state index in [2.05, 4.69) is 15.9 Å². The van der Waals surface area contributed by atoms with Crippen LogP contribution in [0.15, 0.2) is 40.9 Å².